The van der Waals surface area contributed by atoms with Gasteiger partial charge in [-0.2, -0.15) is 4.98 Å². The van der Waals surface area contributed by atoms with E-state index in [0.29, 0.717) is 22.5 Å². The van der Waals surface area contributed by atoms with E-state index in [1.165, 1.54) is 4.90 Å². The lowest BCUT2D eigenvalue weighted by atomic mass is 10.2. The van der Waals surface area contributed by atoms with E-state index in [-0.39, 0.29) is 12.5 Å². The number of rotatable bonds is 7. The Kier molecular flexibility index (Phi) is 6.16. The van der Waals surface area contributed by atoms with Gasteiger partial charge in [-0.25, -0.2) is 0 Å². The fourth-order valence-corrected chi connectivity index (χ4v) is 2.66. The highest BCUT2D eigenvalue weighted by molar-refractivity contribution is 6.30. The summed E-state index contributed by atoms with van der Waals surface area (Å²) in [6, 6.07) is 14.1. The van der Waals surface area contributed by atoms with Crippen LogP contribution in [0.2, 0.25) is 5.02 Å². The molecule has 0 N–H and O–H groups in total. The third-order valence-corrected chi connectivity index (χ3v) is 4.29. The zero-order valence-electron chi connectivity index (χ0n) is 15.8. The first-order valence-corrected chi connectivity index (χ1v) is 8.98. The summed E-state index contributed by atoms with van der Waals surface area (Å²) in [6.45, 7) is 1.86. The highest BCUT2D eigenvalue weighted by Crippen LogP contribution is 2.20. The molecule has 0 saturated heterocycles. The molecule has 0 aliphatic rings. The number of halogens is 1. The van der Waals surface area contributed by atoms with Crippen LogP contribution in [0.1, 0.15) is 12.8 Å². The smallest absolute Gasteiger partial charge is 0.263 e. The van der Waals surface area contributed by atoms with Crippen molar-refractivity contribution >= 4 is 17.5 Å². The van der Waals surface area contributed by atoms with Crippen LogP contribution in [0.25, 0.3) is 11.4 Å². The molecule has 3 rings (SSSR count). The second kappa shape index (κ2) is 8.75. The molecule has 1 atom stereocenters. The van der Waals surface area contributed by atoms with Crippen LogP contribution < -0.4 is 9.47 Å². The Morgan fingerprint density at radius 3 is 2.43 bits per heavy atom. The first-order valence-electron chi connectivity index (χ1n) is 8.60. The number of ether oxygens (including phenoxy) is 2. The van der Waals surface area contributed by atoms with Crippen LogP contribution in [0.15, 0.2) is 53.1 Å². The standard InChI is InChI=1S/C20H20ClN3O4/c1-13(27-17-10-6-15(21)7-11-17)20(25)24(2)12-18-22-19(23-28-18)14-4-8-16(26-3)9-5-14/h4-11,13H,12H2,1-3H3. The first-order chi connectivity index (χ1) is 13.5. The third-order valence-electron chi connectivity index (χ3n) is 4.04. The summed E-state index contributed by atoms with van der Waals surface area (Å²) in [4.78, 5) is 18.4. The number of amides is 1. The minimum Gasteiger partial charge on any atom is -0.497 e. The number of likely N-dealkylation sites (N-methyl/N-ethyl adjacent to an activating group) is 1. The van der Waals surface area contributed by atoms with Gasteiger partial charge in [-0.3, -0.25) is 4.79 Å². The minimum absolute atomic E-state index is 0.177. The van der Waals surface area contributed by atoms with Gasteiger partial charge >= 0.3 is 0 Å². The minimum atomic E-state index is -0.671. The topological polar surface area (TPSA) is 77.7 Å². The normalized spacial score (nSPS) is 11.7. The van der Waals surface area contributed by atoms with Crippen molar-refractivity contribution < 1.29 is 18.8 Å². The molecule has 1 aromatic heterocycles. The van der Waals surface area contributed by atoms with Crippen molar-refractivity contribution in [1.29, 1.82) is 0 Å². The van der Waals surface area contributed by atoms with Gasteiger partial charge < -0.3 is 18.9 Å². The number of methoxy groups -OCH3 is 1. The van der Waals surface area contributed by atoms with E-state index in [1.807, 2.05) is 24.3 Å². The maximum Gasteiger partial charge on any atom is 0.263 e. The van der Waals surface area contributed by atoms with Gasteiger partial charge in [0, 0.05) is 17.6 Å². The van der Waals surface area contributed by atoms with E-state index in [2.05, 4.69) is 10.1 Å². The van der Waals surface area contributed by atoms with E-state index in [9.17, 15) is 4.79 Å². The lowest BCUT2D eigenvalue weighted by Crippen LogP contribution is -2.37. The zero-order chi connectivity index (χ0) is 20.1. The molecule has 3 aromatic rings. The van der Waals surface area contributed by atoms with Gasteiger partial charge in [0.1, 0.15) is 11.5 Å². The number of carbonyl (C=O) groups excluding carboxylic acids is 1. The van der Waals surface area contributed by atoms with Gasteiger partial charge in [-0.1, -0.05) is 16.8 Å². The van der Waals surface area contributed by atoms with Crippen molar-refractivity contribution in [2.24, 2.45) is 0 Å². The maximum absolute atomic E-state index is 12.5. The summed E-state index contributed by atoms with van der Waals surface area (Å²) >= 11 is 5.85. The van der Waals surface area contributed by atoms with E-state index in [0.717, 1.165) is 11.3 Å². The van der Waals surface area contributed by atoms with Crippen LogP contribution >= 0.6 is 11.6 Å². The third kappa shape index (κ3) is 4.80. The Bertz CT molecular complexity index is 925. The molecule has 0 aliphatic heterocycles. The Hall–Kier alpha value is -3.06. The molecule has 28 heavy (non-hydrogen) atoms. The summed E-state index contributed by atoms with van der Waals surface area (Å²) in [7, 11) is 3.26. The molecular weight excluding hydrogens is 382 g/mol. The average Bonchev–Trinajstić information content (AvgIpc) is 3.17. The number of hydrogen-bond donors (Lipinski definition) is 0. The van der Waals surface area contributed by atoms with Crippen molar-refractivity contribution in [3.8, 4) is 22.9 Å². The van der Waals surface area contributed by atoms with E-state index in [1.54, 1.807) is 45.3 Å². The van der Waals surface area contributed by atoms with E-state index < -0.39 is 6.10 Å². The van der Waals surface area contributed by atoms with E-state index >= 15 is 0 Å². The second-order valence-corrected chi connectivity index (χ2v) is 6.58. The van der Waals surface area contributed by atoms with Crippen LogP contribution in [0.4, 0.5) is 0 Å². The Balaban J connectivity index is 1.60. The second-order valence-electron chi connectivity index (χ2n) is 6.15. The quantitative estimate of drug-likeness (QED) is 0.598. The average molecular weight is 402 g/mol. The fraction of sp³-hybridized carbons (Fsp3) is 0.250. The Labute approximate surface area is 167 Å². The van der Waals surface area contributed by atoms with Crippen molar-refractivity contribution in [1.82, 2.24) is 15.0 Å². The Morgan fingerprint density at radius 1 is 1.14 bits per heavy atom. The molecular formula is C20H20ClN3O4. The van der Waals surface area contributed by atoms with Crippen LogP contribution in [0.5, 0.6) is 11.5 Å². The molecule has 1 heterocycles. The largest absolute Gasteiger partial charge is 0.497 e. The van der Waals surface area contributed by atoms with Crippen LogP contribution in [0, 0.1) is 0 Å². The van der Waals surface area contributed by atoms with Crippen molar-refractivity contribution in [2.75, 3.05) is 14.2 Å². The number of carbonyl (C=O) groups is 1. The first kappa shape index (κ1) is 19.7. The molecule has 8 heteroatoms. The van der Waals surface area contributed by atoms with Crippen LogP contribution in [-0.2, 0) is 11.3 Å². The highest BCUT2D eigenvalue weighted by Gasteiger charge is 2.21. The maximum atomic E-state index is 12.5. The molecule has 0 saturated carbocycles. The summed E-state index contributed by atoms with van der Waals surface area (Å²) in [5.41, 5.74) is 0.796. The monoisotopic (exact) mass is 401 g/mol. The molecule has 0 aliphatic carbocycles. The number of nitrogens with zero attached hydrogens (tertiary/aromatic N) is 3. The Morgan fingerprint density at radius 2 is 1.79 bits per heavy atom. The van der Waals surface area contributed by atoms with E-state index in [4.69, 9.17) is 25.6 Å². The van der Waals surface area contributed by atoms with Crippen LogP contribution in [0.3, 0.4) is 0 Å². The lowest BCUT2D eigenvalue weighted by molar-refractivity contribution is -0.137. The highest BCUT2D eigenvalue weighted by atomic mass is 35.5. The van der Waals surface area contributed by atoms with Gasteiger partial charge in [0.15, 0.2) is 6.10 Å². The summed E-state index contributed by atoms with van der Waals surface area (Å²) < 4.78 is 16.1. The fourth-order valence-electron chi connectivity index (χ4n) is 2.54. The molecule has 0 radical (unpaired) electrons. The summed E-state index contributed by atoms with van der Waals surface area (Å²) in [5, 5.41) is 4.57. The predicted molar refractivity (Wildman–Crippen MR) is 104 cm³/mol. The van der Waals surface area contributed by atoms with Crippen LogP contribution in [-0.4, -0.2) is 41.2 Å². The molecule has 0 fully saturated rings. The van der Waals surface area contributed by atoms with Crippen molar-refractivity contribution in [3.05, 3.63) is 59.4 Å². The molecule has 1 amide bonds. The molecule has 146 valence electrons. The number of benzene rings is 2. The molecule has 0 bridgehead atoms. The lowest BCUT2D eigenvalue weighted by Gasteiger charge is -2.20. The van der Waals surface area contributed by atoms with Crippen molar-refractivity contribution in [3.63, 3.8) is 0 Å². The SMILES string of the molecule is COc1ccc(-c2noc(CN(C)C(=O)C(C)Oc3ccc(Cl)cc3)n2)cc1. The van der Waals surface area contributed by atoms with Crippen molar-refractivity contribution in [2.45, 2.75) is 19.6 Å². The number of aromatic nitrogens is 2. The van der Waals surface area contributed by atoms with Gasteiger partial charge in [0.05, 0.1) is 13.7 Å². The summed E-state index contributed by atoms with van der Waals surface area (Å²) in [5.74, 6) is 1.88. The molecule has 1 unspecified atom stereocenters. The summed E-state index contributed by atoms with van der Waals surface area (Å²) in [6.07, 6.45) is -0.671. The van der Waals surface area contributed by atoms with Gasteiger partial charge in [0.2, 0.25) is 11.7 Å². The zero-order valence-corrected chi connectivity index (χ0v) is 16.5. The molecule has 0 spiro atoms. The van der Waals surface area contributed by atoms with Gasteiger partial charge in [0.25, 0.3) is 5.91 Å². The predicted octanol–water partition coefficient (Wildman–Crippen LogP) is 3.82. The molecule has 2 aromatic carbocycles. The van der Waals surface area contributed by atoms with Gasteiger partial charge in [-0.05, 0) is 55.5 Å². The van der Waals surface area contributed by atoms with Gasteiger partial charge in [-0.15, -0.1) is 0 Å². The number of hydrogen-bond acceptors (Lipinski definition) is 6. The molecule has 7 nitrogen and oxygen atoms in total.